The minimum atomic E-state index is 0.0333. The molecule has 23 heavy (non-hydrogen) atoms. The van der Waals surface area contributed by atoms with Crippen molar-refractivity contribution in [2.24, 2.45) is 0 Å². The lowest BCUT2D eigenvalue weighted by Gasteiger charge is -2.27. The van der Waals surface area contributed by atoms with Crippen LogP contribution < -0.4 is 5.32 Å². The van der Waals surface area contributed by atoms with E-state index in [4.69, 9.17) is 4.74 Å². The molecule has 0 saturated carbocycles. The maximum absolute atomic E-state index is 12.2. The van der Waals surface area contributed by atoms with Crippen molar-refractivity contribution in [3.05, 3.63) is 29.8 Å². The van der Waals surface area contributed by atoms with E-state index in [9.17, 15) is 9.59 Å². The van der Waals surface area contributed by atoms with Crippen molar-refractivity contribution in [3.8, 4) is 0 Å². The second-order valence-corrected chi connectivity index (χ2v) is 5.40. The largest absolute Gasteiger partial charge is 0.378 e. The highest BCUT2D eigenvalue weighted by Gasteiger charge is 2.16. The van der Waals surface area contributed by atoms with E-state index in [0.717, 1.165) is 5.69 Å². The molecule has 1 saturated heterocycles. The molecule has 0 atom stereocenters. The third-order valence-corrected chi connectivity index (χ3v) is 3.99. The molecule has 1 aliphatic rings. The molecule has 1 N–H and O–H groups in total. The van der Waals surface area contributed by atoms with Gasteiger partial charge in [0.15, 0.2) is 0 Å². The van der Waals surface area contributed by atoms with Gasteiger partial charge in [0.05, 0.1) is 19.8 Å². The van der Waals surface area contributed by atoms with Gasteiger partial charge in [0.2, 0.25) is 5.91 Å². The first-order valence-electron chi connectivity index (χ1n) is 8.14. The normalized spacial score (nSPS) is 14.4. The number of hydrogen-bond donors (Lipinski definition) is 1. The number of benzene rings is 1. The molecular weight excluding hydrogens is 294 g/mol. The molecule has 0 aromatic heterocycles. The Morgan fingerprint density at radius 2 is 1.74 bits per heavy atom. The summed E-state index contributed by atoms with van der Waals surface area (Å²) >= 11 is 0. The number of rotatable bonds is 6. The molecule has 1 aromatic rings. The zero-order valence-electron chi connectivity index (χ0n) is 13.9. The first kappa shape index (κ1) is 17.3. The SMILES string of the molecule is CCN(CC)C(=O)c1ccc(NCC(=O)N2CCOCC2)cc1. The fourth-order valence-electron chi connectivity index (χ4n) is 2.53. The molecule has 2 rings (SSSR count). The molecule has 2 amide bonds. The molecule has 0 aliphatic carbocycles. The van der Waals surface area contributed by atoms with Crippen molar-refractivity contribution in [2.75, 3.05) is 51.3 Å². The molecule has 1 aliphatic heterocycles. The quantitative estimate of drug-likeness (QED) is 0.862. The van der Waals surface area contributed by atoms with Crippen LogP contribution in [0.3, 0.4) is 0 Å². The average Bonchev–Trinajstić information content (AvgIpc) is 2.61. The lowest BCUT2D eigenvalue weighted by atomic mass is 10.1. The summed E-state index contributed by atoms with van der Waals surface area (Å²) in [6.07, 6.45) is 0. The minimum absolute atomic E-state index is 0.0333. The molecule has 6 nitrogen and oxygen atoms in total. The number of morpholine rings is 1. The molecule has 0 spiro atoms. The first-order chi connectivity index (χ1) is 11.2. The van der Waals surface area contributed by atoms with Gasteiger partial charge in [0.25, 0.3) is 5.91 Å². The predicted octanol–water partition coefficient (Wildman–Crippen LogP) is 1.44. The van der Waals surface area contributed by atoms with Crippen LogP contribution in [0.4, 0.5) is 5.69 Å². The summed E-state index contributed by atoms with van der Waals surface area (Å²) in [6, 6.07) is 7.26. The van der Waals surface area contributed by atoms with Gasteiger partial charge < -0.3 is 19.9 Å². The third-order valence-electron chi connectivity index (χ3n) is 3.99. The van der Waals surface area contributed by atoms with Crippen LogP contribution in [0.5, 0.6) is 0 Å². The summed E-state index contributed by atoms with van der Waals surface area (Å²) in [4.78, 5) is 27.9. The monoisotopic (exact) mass is 319 g/mol. The van der Waals surface area contributed by atoms with Gasteiger partial charge in [-0.2, -0.15) is 0 Å². The highest BCUT2D eigenvalue weighted by Crippen LogP contribution is 2.12. The maximum Gasteiger partial charge on any atom is 0.253 e. The van der Waals surface area contributed by atoms with Crippen molar-refractivity contribution in [3.63, 3.8) is 0 Å². The van der Waals surface area contributed by atoms with Crippen LogP contribution in [0.15, 0.2) is 24.3 Å². The predicted molar refractivity (Wildman–Crippen MR) is 89.6 cm³/mol. The Labute approximate surface area is 137 Å². The van der Waals surface area contributed by atoms with Crippen LogP contribution in [0.1, 0.15) is 24.2 Å². The zero-order valence-corrected chi connectivity index (χ0v) is 13.9. The first-order valence-corrected chi connectivity index (χ1v) is 8.14. The van der Waals surface area contributed by atoms with Crippen LogP contribution in [0, 0.1) is 0 Å². The number of anilines is 1. The second-order valence-electron chi connectivity index (χ2n) is 5.40. The number of nitrogens with zero attached hydrogens (tertiary/aromatic N) is 2. The Kier molecular flexibility index (Phi) is 6.40. The molecular formula is C17H25N3O3. The van der Waals surface area contributed by atoms with Crippen molar-refractivity contribution in [2.45, 2.75) is 13.8 Å². The molecule has 0 unspecified atom stereocenters. The summed E-state index contributed by atoms with van der Waals surface area (Å²) in [6.45, 7) is 8.09. The van der Waals surface area contributed by atoms with Gasteiger partial charge in [0, 0.05) is 37.4 Å². The molecule has 6 heteroatoms. The Morgan fingerprint density at radius 1 is 1.13 bits per heavy atom. The molecule has 1 fully saturated rings. The number of ether oxygens (including phenoxy) is 1. The fraction of sp³-hybridized carbons (Fsp3) is 0.529. The summed E-state index contributed by atoms with van der Waals surface area (Å²) in [7, 11) is 0. The topological polar surface area (TPSA) is 61.9 Å². The molecule has 1 heterocycles. The van der Waals surface area contributed by atoms with E-state index >= 15 is 0 Å². The number of amides is 2. The van der Waals surface area contributed by atoms with Gasteiger partial charge >= 0.3 is 0 Å². The Morgan fingerprint density at radius 3 is 2.30 bits per heavy atom. The summed E-state index contributed by atoms with van der Waals surface area (Å²) in [5.41, 5.74) is 1.50. The summed E-state index contributed by atoms with van der Waals surface area (Å²) in [5.74, 6) is 0.0996. The van der Waals surface area contributed by atoms with Gasteiger partial charge in [-0.25, -0.2) is 0 Å². The molecule has 126 valence electrons. The Bertz CT molecular complexity index is 520. The van der Waals surface area contributed by atoms with E-state index in [1.54, 1.807) is 21.9 Å². The maximum atomic E-state index is 12.2. The van der Waals surface area contributed by atoms with E-state index in [-0.39, 0.29) is 18.4 Å². The minimum Gasteiger partial charge on any atom is -0.378 e. The van der Waals surface area contributed by atoms with Crippen molar-refractivity contribution >= 4 is 17.5 Å². The van der Waals surface area contributed by atoms with E-state index in [1.165, 1.54) is 0 Å². The lowest BCUT2D eigenvalue weighted by Crippen LogP contribution is -2.43. The summed E-state index contributed by atoms with van der Waals surface area (Å²) in [5, 5.41) is 3.11. The van der Waals surface area contributed by atoms with Gasteiger partial charge in [-0.15, -0.1) is 0 Å². The van der Waals surface area contributed by atoms with Crippen LogP contribution in [-0.2, 0) is 9.53 Å². The standard InChI is InChI=1S/C17H25N3O3/c1-3-19(4-2)17(22)14-5-7-15(8-6-14)18-13-16(21)20-9-11-23-12-10-20/h5-8,18H,3-4,9-13H2,1-2H3. The average molecular weight is 319 g/mol. The van der Waals surface area contributed by atoms with Crippen LogP contribution >= 0.6 is 0 Å². The van der Waals surface area contributed by atoms with E-state index in [0.29, 0.717) is 45.0 Å². The van der Waals surface area contributed by atoms with Crippen LogP contribution in [-0.4, -0.2) is 67.6 Å². The van der Waals surface area contributed by atoms with Crippen molar-refractivity contribution in [1.82, 2.24) is 9.80 Å². The van der Waals surface area contributed by atoms with Crippen molar-refractivity contribution < 1.29 is 14.3 Å². The fourth-order valence-corrected chi connectivity index (χ4v) is 2.53. The highest BCUT2D eigenvalue weighted by atomic mass is 16.5. The number of carbonyl (C=O) groups excluding carboxylic acids is 2. The van der Waals surface area contributed by atoms with Gasteiger partial charge in [-0.1, -0.05) is 0 Å². The summed E-state index contributed by atoms with van der Waals surface area (Å²) < 4.78 is 5.24. The number of hydrogen-bond acceptors (Lipinski definition) is 4. The van der Waals surface area contributed by atoms with E-state index in [1.807, 2.05) is 26.0 Å². The highest BCUT2D eigenvalue weighted by molar-refractivity contribution is 5.94. The smallest absolute Gasteiger partial charge is 0.253 e. The second kappa shape index (κ2) is 8.53. The van der Waals surface area contributed by atoms with Crippen LogP contribution in [0.25, 0.3) is 0 Å². The zero-order chi connectivity index (χ0) is 16.7. The Hall–Kier alpha value is -2.08. The Balaban J connectivity index is 1.87. The van der Waals surface area contributed by atoms with E-state index < -0.39 is 0 Å². The van der Waals surface area contributed by atoms with E-state index in [2.05, 4.69) is 5.32 Å². The van der Waals surface area contributed by atoms with Crippen molar-refractivity contribution in [1.29, 1.82) is 0 Å². The number of nitrogens with one attached hydrogen (secondary N) is 1. The molecule has 0 radical (unpaired) electrons. The van der Waals surface area contributed by atoms with Gasteiger partial charge in [-0.3, -0.25) is 9.59 Å². The third kappa shape index (κ3) is 4.69. The lowest BCUT2D eigenvalue weighted by molar-refractivity contribution is -0.133. The molecule has 1 aromatic carbocycles. The number of carbonyl (C=O) groups is 2. The molecule has 0 bridgehead atoms. The van der Waals surface area contributed by atoms with Gasteiger partial charge in [0.1, 0.15) is 0 Å². The van der Waals surface area contributed by atoms with Gasteiger partial charge in [-0.05, 0) is 38.1 Å². The van der Waals surface area contributed by atoms with Crippen LogP contribution in [0.2, 0.25) is 0 Å².